The molecule has 5 nitrogen and oxygen atoms in total. The van der Waals surface area contributed by atoms with E-state index in [1.165, 1.54) is 24.3 Å². The second kappa shape index (κ2) is 6.67. The van der Waals surface area contributed by atoms with E-state index < -0.39 is 15.8 Å². The lowest BCUT2D eigenvalue weighted by molar-refractivity contribution is -0.117. The van der Waals surface area contributed by atoms with Crippen molar-refractivity contribution in [1.82, 2.24) is 0 Å². The van der Waals surface area contributed by atoms with Crippen LogP contribution in [0.2, 0.25) is 0 Å². The zero-order chi connectivity index (χ0) is 21.0. The van der Waals surface area contributed by atoms with E-state index in [-0.39, 0.29) is 23.4 Å². The third-order valence-corrected chi connectivity index (χ3v) is 7.55. The summed E-state index contributed by atoms with van der Waals surface area (Å²) in [5.74, 6) is -0.776. The van der Waals surface area contributed by atoms with E-state index >= 15 is 0 Å². The van der Waals surface area contributed by atoms with Crippen molar-refractivity contribution in [3.8, 4) is 11.1 Å². The van der Waals surface area contributed by atoms with Crippen LogP contribution in [0.15, 0.2) is 71.6 Å². The zero-order valence-corrected chi connectivity index (χ0v) is 17.1. The maximum atomic E-state index is 14.0. The molecule has 0 fully saturated rings. The molecule has 2 aliphatic heterocycles. The summed E-state index contributed by atoms with van der Waals surface area (Å²) in [5, 5.41) is 0. The lowest BCUT2D eigenvalue weighted by atomic mass is 10.0. The molecular weight excluding hydrogens is 403 g/mol. The number of fused-ring (bicyclic) bond motifs is 4. The molecule has 152 valence electrons. The van der Waals surface area contributed by atoms with E-state index in [1.807, 2.05) is 31.2 Å². The molecule has 0 spiro atoms. The summed E-state index contributed by atoms with van der Waals surface area (Å²) < 4.78 is 41.9. The van der Waals surface area contributed by atoms with E-state index in [2.05, 4.69) is 0 Å². The molecule has 0 N–H and O–H groups in total. The number of sulfonamides is 1. The quantitative estimate of drug-likeness (QED) is 0.628. The number of carbonyl (C=O) groups is 1. The van der Waals surface area contributed by atoms with Gasteiger partial charge in [0.25, 0.3) is 10.0 Å². The fourth-order valence-electron chi connectivity index (χ4n) is 4.42. The highest BCUT2D eigenvalue weighted by atomic mass is 32.2. The van der Waals surface area contributed by atoms with E-state index in [0.717, 1.165) is 22.0 Å². The van der Waals surface area contributed by atoms with E-state index in [1.54, 1.807) is 23.1 Å². The highest BCUT2D eigenvalue weighted by Crippen LogP contribution is 2.43. The predicted octanol–water partition coefficient (Wildman–Crippen LogP) is 3.98. The van der Waals surface area contributed by atoms with Crippen molar-refractivity contribution >= 4 is 27.3 Å². The third-order valence-electron chi connectivity index (χ3n) is 5.73. The van der Waals surface area contributed by atoms with Gasteiger partial charge in [-0.3, -0.25) is 9.10 Å². The fraction of sp³-hybridized carbons (Fsp3) is 0.174. The molecule has 0 aromatic heterocycles. The molecule has 2 heterocycles. The molecular formula is C23H19FN2O3S. The Hall–Kier alpha value is -3.19. The first-order valence-electron chi connectivity index (χ1n) is 9.69. The van der Waals surface area contributed by atoms with Gasteiger partial charge in [-0.2, -0.15) is 0 Å². The number of halogens is 1. The van der Waals surface area contributed by atoms with Crippen LogP contribution in [-0.2, 0) is 21.2 Å². The van der Waals surface area contributed by atoms with E-state index in [0.29, 0.717) is 16.8 Å². The maximum absolute atomic E-state index is 14.0. The normalized spacial score (nSPS) is 18.5. The van der Waals surface area contributed by atoms with Crippen molar-refractivity contribution in [3.05, 3.63) is 78.1 Å². The lowest BCUT2D eigenvalue weighted by Gasteiger charge is -2.33. The highest BCUT2D eigenvalue weighted by Gasteiger charge is 2.39. The molecule has 30 heavy (non-hydrogen) atoms. The van der Waals surface area contributed by atoms with Crippen LogP contribution in [0.5, 0.6) is 0 Å². The molecule has 0 saturated heterocycles. The van der Waals surface area contributed by atoms with Gasteiger partial charge in [0.1, 0.15) is 12.4 Å². The van der Waals surface area contributed by atoms with Crippen LogP contribution in [0.4, 0.5) is 15.8 Å². The SMILES string of the molecule is CC1Cc2ccccc2N1C(=O)CN1c2ccc(F)cc2-c2ccccc2S1(=O)=O. The summed E-state index contributed by atoms with van der Waals surface area (Å²) in [7, 11) is -3.97. The van der Waals surface area contributed by atoms with Crippen molar-refractivity contribution in [2.24, 2.45) is 0 Å². The monoisotopic (exact) mass is 422 g/mol. The maximum Gasteiger partial charge on any atom is 0.265 e. The summed E-state index contributed by atoms with van der Waals surface area (Å²) in [6.45, 7) is 1.59. The number of anilines is 2. The van der Waals surface area contributed by atoms with Gasteiger partial charge in [0.15, 0.2) is 0 Å². The number of rotatable bonds is 2. The topological polar surface area (TPSA) is 57.7 Å². The first-order chi connectivity index (χ1) is 14.4. The van der Waals surface area contributed by atoms with Gasteiger partial charge in [0, 0.05) is 22.9 Å². The Morgan fingerprint density at radius 3 is 2.57 bits per heavy atom. The molecule has 0 radical (unpaired) electrons. The van der Waals surface area contributed by atoms with Crippen LogP contribution in [0.3, 0.4) is 0 Å². The van der Waals surface area contributed by atoms with Crippen molar-refractivity contribution in [2.75, 3.05) is 15.7 Å². The standard InChI is InChI=1S/C23H19FN2O3S/c1-15-12-16-6-2-4-8-20(16)26(15)23(27)14-25-21-11-10-17(24)13-19(21)18-7-3-5-9-22(18)30(25,28)29/h2-11,13,15H,12,14H2,1H3. The molecule has 2 aliphatic rings. The van der Waals surface area contributed by atoms with E-state index in [9.17, 15) is 17.6 Å². The predicted molar refractivity (Wildman–Crippen MR) is 113 cm³/mol. The average Bonchev–Trinajstić information content (AvgIpc) is 3.07. The van der Waals surface area contributed by atoms with Crippen LogP contribution >= 0.6 is 0 Å². The molecule has 0 aliphatic carbocycles. The van der Waals surface area contributed by atoms with Crippen molar-refractivity contribution < 1.29 is 17.6 Å². The summed E-state index contributed by atoms with van der Waals surface area (Å²) in [4.78, 5) is 15.0. The molecule has 1 unspecified atom stereocenters. The number of nitrogens with zero attached hydrogens (tertiary/aromatic N) is 2. The Bertz CT molecular complexity index is 1290. The summed E-state index contributed by atoms with van der Waals surface area (Å²) >= 11 is 0. The molecule has 0 bridgehead atoms. The number of para-hydroxylation sites is 1. The van der Waals surface area contributed by atoms with Crippen molar-refractivity contribution in [1.29, 1.82) is 0 Å². The van der Waals surface area contributed by atoms with Gasteiger partial charge >= 0.3 is 0 Å². The summed E-state index contributed by atoms with van der Waals surface area (Å²) in [6.07, 6.45) is 0.722. The fourth-order valence-corrected chi connectivity index (χ4v) is 6.06. The Morgan fingerprint density at radius 1 is 1.00 bits per heavy atom. The van der Waals surface area contributed by atoms with Gasteiger partial charge in [-0.15, -0.1) is 0 Å². The molecule has 0 saturated carbocycles. The van der Waals surface area contributed by atoms with Crippen molar-refractivity contribution in [2.45, 2.75) is 24.3 Å². The number of hydrogen-bond donors (Lipinski definition) is 0. The second-order valence-corrected chi connectivity index (χ2v) is 9.45. The van der Waals surface area contributed by atoms with Crippen LogP contribution in [0.1, 0.15) is 12.5 Å². The van der Waals surface area contributed by atoms with Gasteiger partial charge in [-0.25, -0.2) is 12.8 Å². The van der Waals surface area contributed by atoms with Gasteiger partial charge < -0.3 is 4.90 Å². The second-order valence-electron chi connectivity index (χ2n) is 7.61. The summed E-state index contributed by atoms with van der Waals surface area (Å²) in [5.41, 5.74) is 3.08. The number of benzene rings is 3. The van der Waals surface area contributed by atoms with Crippen LogP contribution in [0, 0.1) is 5.82 Å². The number of hydrogen-bond acceptors (Lipinski definition) is 3. The van der Waals surface area contributed by atoms with Crippen molar-refractivity contribution in [3.63, 3.8) is 0 Å². The zero-order valence-electron chi connectivity index (χ0n) is 16.2. The molecule has 1 atom stereocenters. The van der Waals surface area contributed by atoms with Crippen LogP contribution in [-0.4, -0.2) is 26.9 Å². The smallest absolute Gasteiger partial charge is 0.265 e. The number of amides is 1. The molecule has 3 aromatic carbocycles. The van der Waals surface area contributed by atoms with Gasteiger partial charge in [0.05, 0.1) is 10.6 Å². The minimum atomic E-state index is -3.97. The first kappa shape index (κ1) is 18.8. The minimum absolute atomic E-state index is 0.0673. The Morgan fingerprint density at radius 2 is 1.73 bits per heavy atom. The van der Waals surface area contributed by atoms with Gasteiger partial charge in [-0.1, -0.05) is 36.4 Å². The van der Waals surface area contributed by atoms with Crippen LogP contribution < -0.4 is 9.21 Å². The highest BCUT2D eigenvalue weighted by molar-refractivity contribution is 7.93. The van der Waals surface area contributed by atoms with Crippen LogP contribution in [0.25, 0.3) is 11.1 Å². The van der Waals surface area contributed by atoms with Gasteiger partial charge in [-0.05, 0) is 49.2 Å². The Kier molecular flexibility index (Phi) is 4.18. The largest absolute Gasteiger partial charge is 0.307 e. The summed E-state index contributed by atoms with van der Waals surface area (Å²) in [6, 6.07) is 18.0. The Labute approximate surface area is 174 Å². The molecule has 5 rings (SSSR count). The Balaban J connectivity index is 1.59. The molecule has 3 aromatic rings. The lowest BCUT2D eigenvalue weighted by Crippen LogP contribution is -2.46. The minimum Gasteiger partial charge on any atom is -0.307 e. The average molecular weight is 422 g/mol. The van der Waals surface area contributed by atoms with Gasteiger partial charge in [0.2, 0.25) is 5.91 Å². The molecule has 1 amide bonds. The number of carbonyl (C=O) groups excluding carboxylic acids is 1. The third kappa shape index (κ3) is 2.73. The first-order valence-corrected chi connectivity index (χ1v) is 11.1. The molecule has 7 heteroatoms. The van der Waals surface area contributed by atoms with E-state index in [4.69, 9.17) is 0 Å².